The van der Waals surface area contributed by atoms with Gasteiger partial charge in [-0.3, -0.25) is 0 Å². The third kappa shape index (κ3) is 5.15. The van der Waals surface area contributed by atoms with Gasteiger partial charge >= 0.3 is 0 Å². The van der Waals surface area contributed by atoms with Crippen LogP contribution in [0, 0.1) is 5.82 Å². The van der Waals surface area contributed by atoms with Crippen LogP contribution < -0.4 is 5.73 Å². The number of aliphatic hydroxyl groups is 1. The number of nitrogen functional groups attached to an aromatic ring is 1. The summed E-state index contributed by atoms with van der Waals surface area (Å²) in [7, 11) is 2.01. The predicted molar refractivity (Wildman–Crippen MR) is 68.1 cm³/mol. The Bertz CT molecular complexity index is 344. The van der Waals surface area contributed by atoms with E-state index in [0.29, 0.717) is 0 Å². The van der Waals surface area contributed by atoms with Crippen LogP contribution in [0.4, 0.5) is 10.1 Å². The zero-order valence-corrected chi connectivity index (χ0v) is 10.3. The highest BCUT2D eigenvalue weighted by Crippen LogP contribution is 2.13. The lowest BCUT2D eigenvalue weighted by atomic mass is 10.2. The smallest absolute Gasteiger partial charge is 0.146 e. The van der Waals surface area contributed by atoms with Crippen molar-refractivity contribution in [3.63, 3.8) is 0 Å². The van der Waals surface area contributed by atoms with Gasteiger partial charge in [0.1, 0.15) is 5.82 Å². The van der Waals surface area contributed by atoms with E-state index in [-0.39, 0.29) is 18.1 Å². The van der Waals surface area contributed by atoms with Crippen LogP contribution in [0.3, 0.4) is 0 Å². The van der Waals surface area contributed by atoms with Gasteiger partial charge in [-0.2, -0.15) is 0 Å². The van der Waals surface area contributed by atoms with Crippen LogP contribution in [0.25, 0.3) is 0 Å². The van der Waals surface area contributed by atoms with Gasteiger partial charge in [-0.25, -0.2) is 4.39 Å². The molecule has 0 aliphatic heterocycles. The van der Waals surface area contributed by atoms with Gasteiger partial charge in [-0.15, -0.1) is 0 Å². The first kappa shape index (κ1) is 13.9. The number of nitrogens with zero attached hydrogens (tertiary/aromatic N) is 1. The fraction of sp³-hybridized carbons (Fsp3) is 0.538. The highest BCUT2D eigenvalue weighted by Gasteiger charge is 2.03. The van der Waals surface area contributed by atoms with Crippen LogP contribution >= 0.6 is 0 Å². The number of rotatable bonds is 7. The summed E-state index contributed by atoms with van der Waals surface area (Å²) in [6.45, 7) is 1.93. The molecule has 0 saturated heterocycles. The Kier molecular flexibility index (Phi) is 5.94. The average molecular weight is 240 g/mol. The molecule has 0 spiro atoms. The summed E-state index contributed by atoms with van der Waals surface area (Å²) in [4.78, 5) is 2.14. The number of hydrogen-bond donors (Lipinski definition) is 2. The Labute approximate surface area is 102 Å². The third-order valence-electron chi connectivity index (χ3n) is 2.72. The van der Waals surface area contributed by atoms with Crippen molar-refractivity contribution < 1.29 is 9.50 Å². The number of anilines is 1. The van der Waals surface area contributed by atoms with Gasteiger partial charge in [0.2, 0.25) is 0 Å². The molecule has 0 aliphatic rings. The van der Waals surface area contributed by atoms with E-state index in [2.05, 4.69) is 4.90 Å². The number of nitrogens with two attached hydrogens (primary N) is 1. The van der Waals surface area contributed by atoms with E-state index in [1.807, 2.05) is 13.1 Å². The van der Waals surface area contributed by atoms with Crippen molar-refractivity contribution in [1.82, 2.24) is 4.90 Å². The summed E-state index contributed by atoms with van der Waals surface area (Å²) in [6.07, 6.45) is 2.93. The van der Waals surface area contributed by atoms with E-state index in [4.69, 9.17) is 10.8 Å². The minimum Gasteiger partial charge on any atom is -0.396 e. The number of hydrogen-bond acceptors (Lipinski definition) is 3. The molecule has 96 valence electrons. The Balaban J connectivity index is 2.34. The van der Waals surface area contributed by atoms with Crippen LogP contribution in [0.5, 0.6) is 0 Å². The van der Waals surface area contributed by atoms with Crippen molar-refractivity contribution in [3.8, 4) is 0 Å². The highest BCUT2D eigenvalue weighted by atomic mass is 19.1. The quantitative estimate of drug-likeness (QED) is 0.566. The third-order valence-corrected chi connectivity index (χ3v) is 2.72. The molecule has 0 amide bonds. The standard InChI is InChI=1S/C13H21FN2O/c1-16(7-3-2-4-8-17)10-11-5-6-13(15)12(14)9-11/h5-6,9,17H,2-4,7-8,10,15H2,1H3. The van der Waals surface area contributed by atoms with E-state index in [0.717, 1.165) is 37.9 Å². The van der Waals surface area contributed by atoms with E-state index < -0.39 is 0 Å². The van der Waals surface area contributed by atoms with Gasteiger partial charge in [-0.1, -0.05) is 6.07 Å². The molecule has 1 aromatic rings. The SMILES string of the molecule is CN(CCCCCO)Cc1ccc(N)c(F)c1. The molecule has 1 rings (SSSR count). The van der Waals surface area contributed by atoms with Crippen LogP contribution in [0.15, 0.2) is 18.2 Å². The summed E-state index contributed by atoms with van der Waals surface area (Å²) < 4.78 is 13.2. The molecule has 3 nitrogen and oxygen atoms in total. The van der Waals surface area contributed by atoms with E-state index >= 15 is 0 Å². The average Bonchev–Trinajstić information content (AvgIpc) is 2.30. The lowest BCUT2D eigenvalue weighted by molar-refractivity contribution is 0.271. The first-order chi connectivity index (χ1) is 8.13. The molecule has 0 atom stereocenters. The Morgan fingerprint density at radius 1 is 1.29 bits per heavy atom. The molecule has 0 bridgehead atoms. The molecule has 0 aromatic heterocycles. The van der Waals surface area contributed by atoms with E-state index in [1.165, 1.54) is 6.07 Å². The van der Waals surface area contributed by atoms with E-state index in [1.54, 1.807) is 6.07 Å². The number of aliphatic hydroxyl groups excluding tert-OH is 1. The number of unbranched alkanes of at least 4 members (excludes halogenated alkanes) is 2. The molecule has 1 aromatic carbocycles. The summed E-state index contributed by atoms with van der Waals surface area (Å²) in [5, 5.41) is 8.66. The van der Waals surface area contributed by atoms with Gasteiger partial charge in [-0.05, 0) is 50.6 Å². The number of benzene rings is 1. The molecular formula is C13H21FN2O. The summed E-state index contributed by atoms with van der Waals surface area (Å²) in [6, 6.07) is 4.94. The first-order valence-corrected chi connectivity index (χ1v) is 5.97. The summed E-state index contributed by atoms with van der Waals surface area (Å²) in [5.41, 5.74) is 6.55. The second kappa shape index (κ2) is 7.25. The molecule has 0 radical (unpaired) electrons. The minimum atomic E-state index is -0.351. The van der Waals surface area contributed by atoms with Crippen molar-refractivity contribution in [3.05, 3.63) is 29.6 Å². The van der Waals surface area contributed by atoms with Gasteiger partial charge in [0.05, 0.1) is 5.69 Å². The normalized spacial score (nSPS) is 11.1. The Morgan fingerprint density at radius 3 is 2.71 bits per heavy atom. The van der Waals surface area contributed by atoms with Crippen molar-refractivity contribution in [2.75, 3.05) is 25.9 Å². The fourth-order valence-electron chi connectivity index (χ4n) is 1.73. The summed E-state index contributed by atoms with van der Waals surface area (Å²) >= 11 is 0. The zero-order valence-electron chi connectivity index (χ0n) is 10.3. The lowest BCUT2D eigenvalue weighted by Gasteiger charge is -2.16. The lowest BCUT2D eigenvalue weighted by Crippen LogP contribution is -2.19. The molecule has 0 unspecified atom stereocenters. The molecule has 3 N–H and O–H groups in total. The van der Waals surface area contributed by atoms with Crippen molar-refractivity contribution >= 4 is 5.69 Å². The van der Waals surface area contributed by atoms with E-state index in [9.17, 15) is 4.39 Å². The van der Waals surface area contributed by atoms with Crippen molar-refractivity contribution in [2.24, 2.45) is 0 Å². The van der Waals surface area contributed by atoms with Gasteiger partial charge in [0, 0.05) is 13.2 Å². The second-order valence-corrected chi connectivity index (χ2v) is 4.38. The topological polar surface area (TPSA) is 49.5 Å². The van der Waals surface area contributed by atoms with Crippen LogP contribution in [0.1, 0.15) is 24.8 Å². The highest BCUT2D eigenvalue weighted by molar-refractivity contribution is 5.41. The monoisotopic (exact) mass is 240 g/mol. The Morgan fingerprint density at radius 2 is 2.06 bits per heavy atom. The van der Waals surface area contributed by atoms with Gasteiger partial charge in [0.15, 0.2) is 0 Å². The molecule has 0 heterocycles. The maximum atomic E-state index is 13.2. The molecule has 0 fully saturated rings. The molecule has 17 heavy (non-hydrogen) atoms. The predicted octanol–water partition coefficient (Wildman–Crippen LogP) is 2.00. The van der Waals surface area contributed by atoms with Crippen molar-refractivity contribution in [2.45, 2.75) is 25.8 Å². The molecule has 0 aliphatic carbocycles. The fourth-order valence-corrected chi connectivity index (χ4v) is 1.73. The minimum absolute atomic E-state index is 0.194. The summed E-state index contributed by atoms with van der Waals surface area (Å²) in [5.74, 6) is -0.351. The van der Waals surface area contributed by atoms with Crippen LogP contribution in [-0.2, 0) is 6.54 Å². The maximum Gasteiger partial charge on any atom is 0.146 e. The van der Waals surface area contributed by atoms with Crippen LogP contribution in [-0.4, -0.2) is 30.2 Å². The molecule has 4 heteroatoms. The molecule has 0 saturated carbocycles. The zero-order chi connectivity index (χ0) is 12.7. The first-order valence-electron chi connectivity index (χ1n) is 5.97. The van der Waals surface area contributed by atoms with Gasteiger partial charge in [0.25, 0.3) is 0 Å². The van der Waals surface area contributed by atoms with Crippen LogP contribution in [0.2, 0.25) is 0 Å². The number of halogens is 1. The maximum absolute atomic E-state index is 13.2. The van der Waals surface area contributed by atoms with Crippen molar-refractivity contribution in [1.29, 1.82) is 0 Å². The molecular weight excluding hydrogens is 219 g/mol. The van der Waals surface area contributed by atoms with Gasteiger partial charge < -0.3 is 15.7 Å². The second-order valence-electron chi connectivity index (χ2n) is 4.38. The largest absolute Gasteiger partial charge is 0.396 e. The Hall–Kier alpha value is -1.13.